The summed E-state index contributed by atoms with van der Waals surface area (Å²) >= 11 is 1.35. The second-order valence-electron chi connectivity index (χ2n) is 6.86. The van der Waals surface area contributed by atoms with Crippen LogP contribution in [0.1, 0.15) is 5.56 Å². The summed E-state index contributed by atoms with van der Waals surface area (Å²) in [6.07, 6.45) is 0. The standard InChI is InChI=1S/C24H22N4O2S/c1-17-9-6-7-14-21(17)25-22(29)16-31-24-27-26-23(18-10-8-13-20(15-18)30-2)28(24)19-11-4-3-5-12-19/h3-15H,16H2,1-2H3,(H,25,29). The first-order valence-electron chi connectivity index (χ1n) is 9.79. The average molecular weight is 431 g/mol. The molecule has 6 nitrogen and oxygen atoms in total. The molecule has 4 aromatic rings. The van der Waals surface area contributed by atoms with Gasteiger partial charge in [-0.25, -0.2) is 0 Å². The molecule has 0 saturated heterocycles. The Morgan fingerprint density at radius 2 is 1.77 bits per heavy atom. The van der Waals surface area contributed by atoms with Gasteiger partial charge in [-0.15, -0.1) is 10.2 Å². The Kier molecular flexibility index (Phi) is 6.33. The summed E-state index contributed by atoms with van der Waals surface area (Å²) in [6, 6.07) is 25.3. The SMILES string of the molecule is COc1cccc(-c2nnc(SCC(=O)Nc3ccccc3C)n2-c2ccccc2)c1. The van der Waals surface area contributed by atoms with Crippen LogP contribution in [0.4, 0.5) is 5.69 Å². The topological polar surface area (TPSA) is 69.0 Å². The molecule has 1 aromatic heterocycles. The quantitative estimate of drug-likeness (QED) is 0.419. The number of nitrogens with one attached hydrogen (secondary N) is 1. The fourth-order valence-electron chi connectivity index (χ4n) is 3.15. The van der Waals surface area contributed by atoms with Crippen LogP contribution in [0.5, 0.6) is 5.75 Å². The Morgan fingerprint density at radius 1 is 1.00 bits per heavy atom. The van der Waals surface area contributed by atoms with Crippen LogP contribution in [-0.4, -0.2) is 33.5 Å². The number of rotatable bonds is 7. The van der Waals surface area contributed by atoms with E-state index in [-0.39, 0.29) is 11.7 Å². The van der Waals surface area contributed by atoms with Gasteiger partial charge in [0, 0.05) is 16.9 Å². The molecule has 1 heterocycles. The fraction of sp³-hybridized carbons (Fsp3) is 0.125. The summed E-state index contributed by atoms with van der Waals surface area (Å²) in [7, 11) is 1.63. The number of para-hydroxylation sites is 2. The molecule has 0 aliphatic carbocycles. The average Bonchev–Trinajstić information content (AvgIpc) is 3.24. The van der Waals surface area contributed by atoms with Gasteiger partial charge in [-0.1, -0.05) is 60.3 Å². The van der Waals surface area contributed by atoms with Crippen molar-refractivity contribution < 1.29 is 9.53 Å². The van der Waals surface area contributed by atoms with Gasteiger partial charge in [-0.2, -0.15) is 0 Å². The number of anilines is 1. The fourth-order valence-corrected chi connectivity index (χ4v) is 3.90. The van der Waals surface area contributed by atoms with Crippen molar-refractivity contribution in [3.63, 3.8) is 0 Å². The summed E-state index contributed by atoms with van der Waals surface area (Å²) in [5, 5.41) is 12.4. The Bertz CT molecular complexity index is 1190. The molecule has 0 atom stereocenters. The Morgan fingerprint density at radius 3 is 2.55 bits per heavy atom. The van der Waals surface area contributed by atoms with Crippen molar-refractivity contribution in [1.82, 2.24) is 14.8 Å². The van der Waals surface area contributed by atoms with Crippen LogP contribution in [0.15, 0.2) is 84.0 Å². The van der Waals surface area contributed by atoms with E-state index in [1.807, 2.05) is 90.4 Å². The number of thioether (sulfide) groups is 1. The number of nitrogens with zero attached hydrogens (tertiary/aromatic N) is 3. The van der Waals surface area contributed by atoms with E-state index < -0.39 is 0 Å². The van der Waals surface area contributed by atoms with Gasteiger partial charge in [-0.05, 0) is 42.8 Å². The van der Waals surface area contributed by atoms with Crippen molar-refractivity contribution in [1.29, 1.82) is 0 Å². The van der Waals surface area contributed by atoms with Crippen LogP contribution in [0.2, 0.25) is 0 Å². The number of aromatic nitrogens is 3. The number of methoxy groups -OCH3 is 1. The number of carbonyl (C=O) groups is 1. The lowest BCUT2D eigenvalue weighted by atomic mass is 10.2. The molecule has 3 aromatic carbocycles. The van der Waals surface area contributed by atoms with E-state index in [1.54, 1.807) is 7.11 Å². The summed E-state index contributed by atoms with van der Waals surface area (Å²) < 4.78 is 7.32. The molecule has 31 heavy (non-hydrogen) atoms. The molecule has 0 bridgehead atoms. The molecule has 156 valence electrons. The third-order valence-corrected chi connectivity index (χ3v) is 5.66. The number of hydrogen-bond acceptors (Lipinski definition) is 5. The lowest BCUT2D eigenvalue weighted by Gasteiger charge is -2.11. The maximum Gasteiger partial charge on any atom is 0.234 e. The molecule has 0 aliphatic rings. The maximum absolute atomic E-state index is 12.5. The largest absolute Gasteiger partial charge is 0.497 e. The Balaban J connectivity index is 1.61. The van der Waals surface area contributed by atoms with Crippen LogP contribution in [0.25, 0.3) is 17.1 Å². The molecule has 0 radical (unpaired) electrons. The monoisotopic (exact) mass is 430 g/mol. The molecule has 0 unspecified atom stereocenters. The molecular weight excluding hydrogens is 408 g/mol. The first-order valence-corrected chi connectivity index (χ1v) is 10.8. The van der Waals surface area contributed by atoms with E-state index in [2.05, 4.69) is 15.5 Å². The molecular formula is C24H22N4O2S. The minimum atomic E-state index is -0.0927. The van der Waals surface area contributed by atoms with Crippen molar-refractivity contribution in [3.8, 4) is 22.8 Å². The molecule has 0 aliphatic heterocycles. The van der Waals surface area contributed by atoms with E-state index in [9.17, 15) is 4.79 Å². The summed E-state index contributed by atoms with van der Waals surface area (Å²) in [5.74, 6) is 1.56. The first kappa shape index (κ1) is 20.7. The summed E-state index contributed by atoms with van der Waals surface area (Å²) in [6.45, 7) is 1.97. The highest BCUT2D eigenvalue weighted by molar-refractivity contribution is 7.99. The predicted molar refractivity (Wildman–Crippen MR) is 124 cm³/mol. The summed E-state index contributed by atoms with van der Waals surface area (Å²) in [4.78, 5) is 12.5. The Labute approximate surface area is 185 Å². The van der Waals surface area contributed by atoms with Crippen LogP contribution < -0.4 is 10.1 Å². The van der Waals surface area contributed by atoms with E-state index >= 15 is 0 Å². The predicted octanol–water partition coefficient (Wildman–Crippen LogP) is 4.98. The van der Waals surface area contributed by atoms with Crippen LogP contribution in [0, 0.1) is 6.92 Å². The highest BCUT2D eigenvalue weighted by Crippen LogP contribution is 2.29. The molecule has 7 heteroatoms. The summed E-state index contributed by atoms with van der Waals surface area (Å²) in [5.41, 5.74) is 3.64. The van der Waals surface area contributed by atoms with Gasteiger partial charge in [-0.3, -0.25) is 9.36 Å². The third-order valence-electron chi connectivity index (χ3n) is 4.73. The van der Waals surface area contributed by atoms with Crippen molar-refractivity contribution in [2.24, 2.45) is 0 Å². The lowest BCUT2D eigenvalue weighted by molar-refractivity contribution is -0.113. The van der Waals surface area contributed by atoms with Crippen LogP contribution in [0.3, 0.4) is 0 Å². The zero-order valence-corrected chi connectivity index (χ0v) is 18.1. The van der Waals surface area contributed by atoms with Crippen molar-refractivity contribution in [2.75, 3.05) is 18.2 Å². The second kappa shape index (κ2) is 9.49. The van der Waals surface area contributed by atoms with Crippen molar-refractivity contribution in [3.05, 3.63) is 84.4 Å². The smallest absolute Gasteiger partial charge is 0.234 e. The first-order chi connectivity index (χ1) is 15.2. The number of carbonyl (C=O) groups excluding carboxylic acids is 1. The Hall–Kier alpha value is -3.58. The zero-order chi connectivity index (χ0) is 21.6. The maximum atomic E-state index is 12.5. The van der Waals surface area contributed by atoms with Gasteiger partial charge >= 0.3 is 0 Å². The van der Waals surface area contributed by atoms with E-state index in [0.717, 1.165) is 28.3 Å². The number of aryl methyl sites for hydroxylation is 1. The van der Waals surface area contributed by atoms with Gasteiger partial charge in [0.2, 0.25) is 5.91 Å². The number of hydrogen-bond donors (Lipinski definition) is 1. The van der Waals surface area contributed by atoms with Crippen LogP contribution >= 0.6 is 11.8 Å². The minimum Gasteiger partial charge on any atom is -0.497 e. The molecule has 1 amide bonds. The third kappa shape index (κ3) is 4.78. The van der Waals surface area contributed by atoms with Gasteiger partial charge in [0.1, 0.15) is 5.75 Å². The molecule has 1 N–H and O–H groups in total. The van der Waals surface area contributed by atoms with Crippen molar-refractivity contribution in [2.45, 2.75) is 12.1 Å². The number of benzene rings is 3. The van der Waals surface area contributed by atoms with Gasteiger partial charge in [0.15, 0.2) is 11.0 Å². The molecule has 0 fully saturated rings. The highest BCUT2D eigenvalue weighted by atomic mass is 32.2. The van der Waals surface area contributed by atoms with Crippen LogP contribution in [-0.2, 0) is 4.79 Å². The van der Waals surface area contributed by atoms with Gasteiger partial charge in [0.05, 0.1) is 12.9 Å². The minimum absolute atomic E-state index is 0.0927. The lowest BCUT2D eigenvalue weighted by Crippen LogP contribution is -2.15. The highest BCUT2D eigenvalue weighted by Gasteiger charge is 2.18. The van der Waals surface area contributed by atoms with Gasteiger partial charge < -0.3 is 10.1 Å². The van der Waals surface area contributed by atoms with E-state index in [1.165, 1.54) is 11.8 Å². The second-order valence-corrected chi connectivity index (χ2v) is 7.80. The molecule has 4 rings (SSSR count). The number of amides is 1. The zero-order valence-electron chi connectivity index (χ0n) is 17.3. The van der Waals surface area contributed by atoms with Crippen molar-refractivity contribution >= 4 is 23.4 Å². The van der Waals surface area contributed by atoms with E-state index in [0.29, 0.717) is 11.0 Å². The number of ether oxygens (including phenoxy) is 1. The molecule has 0 saturated carbocycles. The molecule has 0 spiro atoms. The normalized spacial score (nSPS) is 10.6. The van der Waals surface area contributed by atoms with E-state index in [4.69, 9.17) is 4.74 Å². The van der Waals surface area contributed by atoms with Gasteiger partial charge in [0.25, 0.3) is 0 Å².